The molecular formula is C16H20FNO3. The monoisotopic (exact) mass is 293 g/mol. The van der Waals surface area contributed by atoms with E-state index >= 15 is 0 Å². The van der Waals surface area contributed by atoms with Crippen molar-refractivity contribution in [3.8, 4) is 0 Å². The number of hydrogen-bond donors (Lipinski definition) is 0. The van der Waals surface area contributed by atoms with Gasteiger partial charge in [-0.05, 0) is 24.6 Å². The highest BCUT2D eigenvalue weighted by molar-refractivity contribution is 5.78. The minimum absolute atomic E-state index is 0.0718. The molecule has 0 saturated carbocycles. The maximum absolute atomic E-state index is 12.9. The first-order valence-corrected chi connectivity index (χ1v) is 7.40. The Morgan fingerprint density at radius 1 is 1.33 bits per heavy atom. The molecule has 1 unspecified atom stereocenters. The SMILES string of the molecule is CC1COC2(CCN(C(=O)Cc3ccc(F)cc3)CC2)O1. The van der Waals surface area contributed by atoms with Gasteiger partial charge in [0, 0.05) is 25.9 Å². The lowest BCUT2D eigenvalue weighted by molar-refractivity contribution is -0.194. The maximum Gasteiger partial charge on any atom is 0.226 e. The van der Waals surface area contributed by atoms with E-state index in [-0.39, 0.29) is 17.8 Å². The first kappa shape index (κ1) is 14.5. The van der Waals surface area contributed by atoms with E-state index in [2.05, 4.69) is 0 Å². The van der Waals surface area contributed by atoms with Crippen molar-refractivity contribution in [1.29, 1.82) is 0 Å². The Hall–Kier alpha value is -1.46. The molecule has 0 aliphatic carbocycles. The van der Waals surface area contributed by atoms with Crippen LogP contribution in [-0.4, -0.2) is 42.4 Å². The van der Waals surface area contributed by atoms with Crippen LogP contribution in [-0.2, 0) is 20.7 Å². The summed E-state index contributed by atoms with van der Waals surface area (Å²) in [6, 6.07) is 6.08. The summed E-state index contributed by atoms with van der Waals surface area (Å²) in [6.07, 6.45) is 1.87. The molecule has 114 valence electrons. The summed E-state index contributed by atoms with van der Waals surface area (Å²) in [5, 5.41) is 0. The fourth-order valence-corrected chi connectivity index (χ4v) is 2.95. The Kier molecular flexibility index (Phi) is 3.95. The van der Waals surface area contributed by atoms with Gasteiger partial charge in [0.1, 0.15) is 5.82 Å². The lowest BCUT2D eigenvalue weighted by Crippen LogP contribution is -2.47. The number of amides is 1. The van der Waals surface area contributed by atoms with Crippen LogP contribution < -0.4 is 0 Å². The second-order valence-corrected chi connectivity index (χ2v) is 5.83. The molecule has 1 amide bonds. The van der Waals surface area contributed by atoms with E-state index < -0.39 is 5.79 Å². The summed E-state index contributed by atoms with van der Waals surface area (Å²) >= 11 is 0. The first-order chi connectivity index (χ1) is 10.1. The zero-order chi connectivity index (χ0) is 14.9. The molecule has 0 radical (unpaired) electrons. The lowest BCUT2D eigenvalue weighted by atomic mass is 10.0. The van der Waals surface area contributed by atoms with Gasteiger partial charge < -0.3 is 14.4 Å². The van der Waals surface area contributed by atoms with Crippen molar-refractivity contribution in [3.05, 3.63) is 35.6 Å². The second kappa shape index (κ2) is 5.73. The van der Waals surface area contributed by atoms with Crippen molar-refractivity contribution in [1.82, 2.24) is 4.90 Å². The number of halogens is 1. The summed E-state index contributed by atoms with van der Waals surface area (Å²) in [5.41, 5.74) is 0.837. The highest BCUT2D eigenvalue weighted by Crippen LogP contribution is 2.33. The average molecular weight is 293 g/mol. The Labute approximate surface area is 123 Å². The molecule has 4 nitrogen and oxygen atoms in total. The number of benzene rings is 1. The van der Waals surface area contributed by atoms with Crippen LogP contribution in [0.25, 0.3) is 0 Å². The third-order valence-corrected chi connectivity index (χ3v) is 4.14. The van der Waals surface area contributed by atoms with Crippen molar-refractivity contribution in [2.24, 2.45) is 0 Å². The molecule has 2 aliphatic rings. The van der Waals surface area contributed by atoms with E-state index in [0.717, 1.165) is 5.56 Å². The lowest BCUT2D eigenvalue weighted by Gasteiger charge is -2.37. The van der Waals surface area contributed by atoms with Gasteiger partial charge in [0.25, 0.3) is 0 Å². The summed E-state index contributed by atoms with van der Waals surface area (Å²) in [6.45, 7) is 3.92. The van der Waals surface area contributed by atoms with Gasteiger partial charge in [-0.15, -0.1) is 0 Å². The smallest absolute Gasteiger partial charge is 0.226 e. The predicted octanol–water partition coefficient (Wildman–Crippen LogP) is 2.12. The Balaban J connectivity index is 1.54. The van der Waals surface area contributed by atoms with Gasteiger partial charge in [-0.3, -0.25) is 4.79 Å². The quantitative estimate of drug-likeness (QED) is 0.838. The van der Waals surface area contributed by atoms with Gasteiger partial charge in [0.05, 0.1) is 19.1 Å². The number of hydrogen-bond acceptors (Lipinski definition) is 3. The molecule has 2 fully saturated rings. The molecule has 2 heterocycles. The van der Waals surface area contributed by atoms with E-state index in [1.54, 1.807) is 12.1 Å². The molecule has 1 aromatic carbocycles. The van der Waals surface area contributed by atoms with Gasteiger partial charge in [0.2, 0.25) is 5.91 Å². The van der Waals surface area contributed by atoms with Crippen LogP contribution in [0.3, 0.4) is 0 Å². The van der Waals surface area contributed by atoms with Crippen LogP contribution in [0.1, 0.15) is 25.3 Å². The van der Waals surface area contributed by atoms with Crippen LogP contribution in [0.2, 0.25) is 0 Å². The van der Waals surface area contributed by atoms with Gasteiger partial charge in [-0.1, -0.05) is 12.1 Å². The van der Waals surface area contributed by atoms with Crippen molar-refractivity contribution < 1.29 is 18.7 Å². The highest BCUT2D eigenvalue weighted by Gasteiger charge is 2.43. The van der Waals surface area contributed by atoms with Crippen LogP contribution in [0.4, 0.5) is 4.39 Å². The molecule has 0 aromatic heterocycles. The predicted molar refractivity (Wildman–Crippen MR) is 75.1 cm³/mol. The van der Waals surface area contributed by atoms with Gasteiger partial charge in [0.15, 0.2) is 5.79 Å². The number of nitrogens with zero attached hydrogens (tertiary/aromatic N) is 1. The fraction of sp³-hybridized carbons (Fsp3) is 0.562. The van der Waals surface area contributed by atoms with Crippen LogP contribution in [0, 0.1) is 5.82 Å². The molecule has 21 heavy (non-hydrogen) atoms. The van der Waals surface area contributed by atoms with E-state index in [0.29, 0.717) is 39.0 Å². The van der Waals surface area contributed by atoms with E-state index in [4.69, 9.17) is 9.47 Å². The van der Waals surface area contributed by atoms with Crippen molar-refractivity contribution >= 4 is 5.91 Å². The van der Waals surface area contributed by atoms with Gasteiger partial charge in [-0.2, -0.15) is 0 Å². The summed E-state index contributed by atoms with van der Waals surface area (Å²) in [4.78, 5) is 14.1. The molecule has 0 bridgehead atoms. The minimum Gasteiger partial charge on any atom is -0.347 e. The average Bonchev–Trinajstić information content (AvgIpc) is 2.83. The molecular weight excluding hydrogens is 273 g/mol. The zero-order valence-corrected chi connectivity index (χ0v) is 12.2. The largest absolute Gasteiger partial charge is 0.347 e. The van der Waals surface area contributed by atoms with Crippen LogP contribution in [0.5, 0.6) is 0 Å². The van der Waals surface area contributed by atoms with Crippen LogP contribution >= 0.6 is 0 Å². The summed E-state index contributed by atoms with van der Waals surface area (Å²) in [7, 11) is 0. The van der Waals surface area contributed by atoms with Gasteiger partial charge in [-0.25, -0.2) is 4.39 Å². The minimum atomic E-state index is -0.480. The number of rotatable bonds is 2. The number of likely N-dealkylation sites (tertiary alicyclic amines) is 1. The Bertz CT molecular complexity index is 509. The molecule has 3 rings (SSSR count). The number of carbonyl (C=O) groups is 1. The van der Waals surface area contributed by atoms with Crippen molar-refractivity contribution in [3.63, 3.8) is 0 Å². The Morgan fingerprint density at radius 2 is 2.00 bits per heavy atom. The molecule has 1 aromatic rings. The number of carbonyl (C=O) groups excluding carboxylic acids is 1. The van der Waals surface area contributed by atoms with Crippen LogP contribution in [0.15, 0.2) is 24.3 Å². The molecule has 2 aliphatic heterocycles. The number of piperidine rings is 1. The standard InChI is InChI=1S/C16H20FNO3/c1-12-11-20-16(21-12)6-8-18(9-7-16)15(19)10-13-2-4-14(17)5-3-13/h2-5,12H,6-11H2,1H3. The summed E-state index contributed by atoms with van der Waals surface area (Å²) in [5.74, 6) is -0.690. The molecule has 2 saturated heterocycles. The maximum atomic E-state index is 12.9. The number of ether oxygens (including phenoxy) is 2. The molecule has 1 spiro atoms. The fourth-order valence-electron chi connectivity index (χ4n) is 2.95. The molecule has 5 heteroatoms. The van der Waals surface area contributed by atoms with E-state index in [1.807, 2.05) is 11.8 Å². The van der Waals surface area contributed by atoms with E-state index in [9.17, 15) is 9.18 Å². The molecule has 0 N–H and O–H groups in total. The normalized spacial score (nSPS) is 24.5. The third-order valence-electron chi connectivity index (χ3n) is 4.14. The van der Waals surface area contributed by atoms with Gasteiger partial charge >= 0.3 is 0 Å². The highest BCUT2D eigenvalue weighted by atomic mass is 19.1. The topological polar surface area (TPSA) is 38.8 Å². The summed E-state index contributed by atoms with van der Waals surface area (Å²) < 4.78 is 24.5. The zero-order valence-electron chi connectivity index (χ0n) is 12.2. The second-order valence-electron chi connectivity index (χ2n) is 5.83. The van der Waals surface area contributed by atoms with E-state index in [1.165, 1.54) is 12.1 Å². The third kappa shape index (κ3) is 3.24. The molecule has 1 atom stereocenters. The van der Waals surface area contributed by atoms with Crippen molar-refractivity contribution in [2.45, 2.75) is 38.1 Å². The Morgan fingerprint density at radius 3 is 2.57 bits per heavy atom. The van der Waals surface area contributed by atoms with Crippen molar-refractivity contribution in [2.75, 3.05) is 19.7 Å². The first-order valence-electron chi connectivity index (χ1n) is 7.40.